The number of carbonyl (C=O) groups is 3. The SMILES string of the molecule is O=C(ON1C(=O)c2ccccc2C1=O)c1cccc(-c2nnco2)c1. The summed E-state index contributed by atoms with van der Waals surface area (Å²) in [6.07, 6.45) is 1.17. The molecule has 0 atom stereocenters. The predicted molar refractivity (Wildman–Crippen MR) is 82.1 cm³/mol. The molecule has 25 heavy (non-hydrogen) atoms. The van der Waals surface area contributed by atoms with Crippen molar-refractivity contribution >= 4 is 17.8 Å². The monoisotopic (exact) mass is 335 g/mol. The minimum Gasteiger partial charge on any atom is -0.423 e. The predicted octanol–water partition coefficient (Wildman–Crippen LogP) is 2.10. The maximum Gasteiger partial charge on any atom is 0.363 e. The summed E-state index contributed by atoms with van der Waals surface area (Å²) < 4.78 is 5.07. The van der Waals surface area contributed by atoms with Crippen LogP contribution in [0.25, 0.3) is 11.5 Å². The van der Waals surface area contributed by atoms with E-state index < -0.39 is 17.8 Å². The van der Waals surface area contributed by atoms with Gasteiger partial charge in [-0.1, -0.05) is 23.3 Å². The zero-order valence-corrected chi connectivity index (χ0v) is 12.6. The Morgan fingerprint density at radius 3 is 2.36 bits per heavy atom. The molecule has 2 heterocycles. The largest absolute Gasteiger partial charge is 0.423 e. The van der Waals surface area contributed by atoms with E-state index in [1.165, 1.54) is 30.7 Å². The number of hydrogen-bond donors (Lipinski definition) is 0. The van der Waals surface area contributed by atoms with Crippen molar-refractivity contribution in [1.82, 2.24) is 15.3 Å². The molecule has 0 saturated heterocycles. The second kappa shape index (κ2) is 5.68. The second-order valence-corrected chi connectivity index (χ2v) is 5.15. The third-order valence-electron chi connectivity index (χ3n) is 3.64. The van der Waals surface area contributed by atoms with Crippen molar-refractivity contribution in [3.05, 3.63) is 71.6 Å². The number of hydrogen-bond acceptors (Lipinski definition) is 7. The van der Waals surface area contributed by atoms with E-state index in [-0.39, 0.29) is 22.6 Å². The minimum absolute atomic E-state index is 0.132. The molecule has 1 aliphatic rings. The van der Waals surface area contributed by atoms with E-state index in [9.17, 15) is 14.4 Å². The average molecular weight is 335 g/mol. The van der Waals surface area contributed by atoms with Crippen molar-refractivity contribution in [1.29, 1.82) is 0 Å². The molecule has 0 bridgehead atoms. The van der Waals surface area contributed by atoms with Crippen molar-refractivity contribution in [2.45, 2.75) is 0 Å². The summed E-state index contributed by atoms with van der Waals surface area (Å²) in [5.74, 6) is -1.98. The normalized spacial score (nSPS) is 13.0. The van der Waals surface area contributed by atoms with Gasteiger partial charge in [-0.25, -0.2) is 4.79 Å². The Hall–Kier alpha value is -3.81. The fraction of sp³-hybridized carbons (Fsp3) is 0. The highest BCUT2D eigenvalue weighted by Gasteiger charge is 2.38. The lowest BCUT2D eigenvalue weighted by molar-refractivity contribution is -0.0584. The third kappa shape index (κ3) is 2.45. The summed E-state index contributed by atoms with van der Waals surface area (Å²) in [6, 6.07) is 12.5. The Kier molecular flexibility index (Phi) is 3.35. The van der Waals surface area contributed by atoms with Gasteiger partial charge in [0.15, 0.2) is 0 Å². The van der Waals surface area contributed by atoms with E-state index in [0.29, 0.717) is 10.6 Å². The summed E-state index contributed by atoms with van der Waals surface area (Å²) in [6.45, 7) is 0. The molecule has 3 aromatic rings. The van der Waals surface area contributed by atoms with Crippen LogP contribution in [0.4, 0.5) is 0 Å². The Balaban J connectivity index is 1.58. The third-order valence-corrected chi connectivity index (χ3v) is 3.64. The van der Waals surface area contributed by atoms with Gasteiger partial charge in [0.25, 0.3) is 11.8 Å². The number of rotatable bonds is 3. The average Bonchev–Trinajstić information content (AvgIpc) is 3.26. The zero-order chi connectivity index (χ0) is 17.4. The Morgan fingerprint density at radius 2 is 1.72 bits per heavy atom. The van der Waals surface area contributed by atoms with Crippen molar-refractivity contribution in [2.75, 3.05) is 0 Å². The molecule has 0 aliphatic carbocycles. The lowest BCUT2D eigenvalue weighted by Crippen LogP contribution is -2.32. The first-order valence-corrected chi connectivity index (χ1v) is 7.22. The molecule has 0 unspecified atom stereocenters. The van der Waals surface area contributed by atoms with Crippen LogP contribution in [0.3, 0.4) is 0 Å². The number of benzene rings is 2. The summed E-state index contributed by atoms with van der Waals surface area (Å²) >= 11 is 0. The Labute approximate surface area is 140 Å². The van der Waals surface area contributed by atoms with Crippen LogP contribution < -0.4 is 0 Å². The number of aromatic nitrogens is 2. The maximum absolute atomic E-state index is 12.3. The standard InChI is InChI=1S/C17H9N3O5/c21-15-12-6-1-2-7-13(12)16(22)20(15)25-17(23)11-5-3-4-10(8-11)14-19-18-9-24-14/h1-9H. The second-order valence-electron chi connectivity index (χ2n) is 5.15. The first-order valence-electron chi connectivity index (χ1n) is 7.22. The van der Waals surface area contributed by atoms with Gasteiger partial charge in [0.1, 0.15) is 0 Å². The fourth-order valence-corrected chi connectivity index (χ4v) is 2.46. The highest BCUT2D eigenvalue weighted by molar-refractivity contribution is 6.21. The van der Waals surface area contributed by atoms with Crippen molar-refractivity contribution < 1.29 is 23.6 Å². The van der Waals surface area contributed by atoms with Gasteiger partial charge in [-0.05, 0) is 30.3 Å². The van der Waals surface area contributed by atoms with Crippen LogP contribution in [0.5, 0.6) is 0 Å². The number of nitrogens with zero attached hydrogens (tertiary/aromatic N) is 3. The lowest BCUT2D eigenvalue weighted by Gasteiger charge is -2.12. The molecule has 2 amide bonds. The molecule has 0 N–H and O–H groups in total. The van der Waals surface area contributed by atoms with Crippen LogP contribution in [0.15, 0.2) is 59.3 Å². The van der Waals surface area contributed by atoms with E-state index >= 15 is 0 Å². The first-order chi connectivity index (χ1) is 12.1. The Bertz CT molecular complexity index is 962. The molecule has 1 aliphatic heterocycles. The van der Waals surface area contributed by atoms with Crippen LogP contribution in [0.2, 0.25) is 0 Å². The van der Waals surface area contributed by atoms with Crippen molar-refractivity contribution in [3.8, 4) is 11.5 Å². The van der Waals surface area contributed by atoms with Gasteiger partial charge >= 0.3 is 5.97 Å². The summed E-state index contributed by atoms with van der Waals surface area (Å²) in [7, 11) is 0. The smallest absolute Gasteiger partial charge is 0.363 e. The molecular weight excluding hydrogens is 326 g/mol. The Morgan fingerprint density at radius 1 is 1.00 bits per heavy atom. The summed E-state index contributed by atoms with van der Waals surface area (Å²) in [5.41, 5.74) is 1.03. The van der Waals surface area contributed by atoms with Crippen LogP contribution in [0.1, 0.15) is 31.1 Å². The molecule has 2 aromatic carbocycles. The first kappa shape index (κ1) is 14.8. The molecule has 0 saturated carbocycles. The molecule has 4 rings (SSSR count). The quantitative estimate of drug-likeness (QED) is 0.675. The molecule has 8 nitrogen and oxygen atoms in total. The highest BCUT2D eigenvalue weighted by atomic mass is 16.7. The molecule has 0 radical (unpaired) electrons. The van der Waals surface area contributed by atoms with Gasteiger partial charge in [0.2, 0.25) is 12.3 Å². The van der Waals surface area contributed by atoms with Gasteiger partial charge in [0, 0.05) is 5.56 Å². The van der Waals surface area contributed by atoms with Gasteiger partial charge < -0.3 is 9.25 Å². The van der Waals surface area contributed by atoms with E-state index in [1.54, 1.807) is 24.3 Å². The number of imide groups is 1. The summed E-state index contributed by atoms with van der Waals surface area (Å²) in [5, 5.41) is 7.79. The zero-order valence-electron chi connectivity index (χ0n) is 12.6. The molecule has 0 spiro atoms. The molecule has 122 valence electrons. The van der Waals surface area contributed by atoms with Crippen LogP contribution in [-0.2, 0) is 4.84 Å². The lowest BCUT2D eigenvalue weighted by atomic mass is 10.1. The number of amides is 2. The fourth-order valence-electron chi connectivity index (χ4n) is 2.46. The van der Waals surface area contributed by atoms with E-state index in [0.717, 1.165) is 0 Å². The topological polar surface area (TPSA) is 103 Å². The van der Waals surface area contributed by atoms with E-state index in [1.807, 2.05) is 0 Å². The van der Waals surface area contributed by atoms with Crippen molar-refractivity contribution in [3.63, 3.8) is 0 Å². The van der Waals surface area contributed by atoms with Crippen molar-refractivity contribution in [2.24, 2.45) is 0 Å². The van der Waals surface area contributed by atoms with Crippen LogP contribution in [0, 0.1) is 0 Å². The number of fused-ring (bicyclic) bond motifs is 1. The van der Waals surface area contributed by atoms with Gasteiger partial charge in [-0.15, -0.1) is 10.2 Å². The summed E-state index contributed by atoms with van der Waals surface area (Å²) in [4.78, 5) is 41.8. The molecular formula is C17H9N3O5. The van der Waals surface area contributed by atoms with Gasteiger partial charge in [-0.2, -0.15) is 0 Å². The van der Waals surface area contributed by atoms with E-state index in [2.05, 4.69) is 10.2 Å². The number of hydroxylamine groups is 2. The molecule has 1 aromatic heterocycles. The highest BCUT2D eigenvalue weighted by Crippen LogP contribution is 2.24. The van der Waals surface area contributed by atoms with Crippen LogP contribution >= 0.6 is 0 Å². The maximum atomic E-state index is 12.3. The van der Waals surface area contributed by atoms with Gasteiger partial charge in [-0.3, -0.25) is 9.59 Å². The molecule has 0 fully saturated rings. The molecule has 8 heteroatoms. The number of carbonyl (C=O) groups excluding carboxylic acids is 3. The van der Waals surface area contributed by atoms with Gasteiger partial charge in [0.05, 0.1) is 16.7 Å². The van der Waals surface area contributed by atoms with E-state index in [4.69, 9.17) is 9.25 Å². The van der Waals surface area contributed by atoms with Crippen LogP contribution in [-0.4, -0.2) is 33.0 Å². The minimum atomic E-state index is -0.851.